The zero-order valence-electron chi connectivity index (χ0n) is 11.8. The first-order chi connectivity index (χ1) is 9.27. The maximum atomic E-state index is 11.8. The molecule has 20 heavy (non-hydrogen) atoms. The zero-order valence-corrected chi connectivity index (χ0v) is 12.6. The van der Waals surface area contributed by atoms with Gasteiger partial charge in [0.05, 0.1) is 0 Å². The number of hydrogen-bond donors (Lipinski definition) is 1. The highest BCUT2D eigenvalue weighted by Crippen LogP contribution is 2.18. The molecule has 0 radical (unpaired) electrons. The molecular formula is C14H20N2O3S. The van der Waals surface area contributed by atoms with Crippen LogP contribution >= 0.6 is 0 Å². The van der Waals surface area contributed by atoms with Crippen LogP contribution in [0.2, 0.25) is 0 Å². The van der Waals surface area contributed by atoms with E-state index in [1.807, 2.05) is 19.9 Å². The molecule has 110 valence electrons. The Morgan fingerprint density at radius 3 is 2.60 bits per heavy atom. The second kappa shape index (κ2) is 5.54. The Labute approximate surface area is 119 Å². The van der Waals surface area contributed by atoms with E-state index in [-0.39, 0.29) is 18.9 Å². The van der Waals surface area contributed by atoms with Crippen molar-refractivity contribution in [1.29, 1.82) is 0 Å². The first-order valence-corrected chi connectivity index (χ1v) is 8.24. The molecule has 0 aromatic heterocycles. The van der Waals surface area contributed by atoms with Crippen LogP contribution in [0.5, 0.6) is 0 Å². The number of nitrogens with two attached hydrogens (primary N) is 1. The van der Waals surface area contributed by atoms with Gasteiger partial charge < -0.3 is 4.90 Å². The Balaban J connectivity index is 1.99. The maximum absolute atomic E-state index is 11.8. The summed E-state index contributed by atoms with van der Waals surface area (Å²) in [6.07, 6.45) is 0.737. The second-order valence-electron chi connectivity index (χ2n) is 5.43. The van der Waals surface area contributed by atoms with E-state index in [9.17, 15) is 13.2 Å². The van der Waals surface area contributed by atoms with Crippen molar-refractivity contribution in [2.45, 2.75) is 31.9 Å². The Hall–Kier alpha value is -1.40. The number of carbonyl (C=O) groups excluding carboxylic acids is 1. The SMILES string of the molecule is Cc1ccc(CCN2CC(S(N)(=O)=O)CC2=O)c(C)c1. The maximum Gasteiger partial charge on any atom is 0.224 e. The molecule has 2 N–H and O–H groups in total. The van der Waals surface area contributed by atoms with E-state index in [1.165, 1.54) is 16.7 Å². The van der Waals surface area contributed by atoms with Gasteiger partial charge in [0.2, 0.25) is 15.9 Å². The molecule has 0 saturated carbocycles. The Morgan fingerprint density at radius 2 is 2.05 bits per heavy atom. The normalized spacial score (nSPS) is 19.6. The highest BCUT2D eigenvalue weighted by molar-refractivity contribution is 7.89. The molecule has 1 aromatic carbocycles. The van der Waals surface area contributed by atoms with Gasteiger partial charge >= 0.3 is 0 Å². The van der Waals surface area contributed by atoms with Crippen molar-refractivity contribution in [3.63, 3.8) is 0 Å². The highest BCUT2D eigenvalue weighted by Gasteiger charge is 2.35. The molecule has 6 heteroatoms. The minimum atomic E-state index is -3.63. The van der Waals surface area contributed by atoms with Crippen LogP contribution in [-0.4, -0.2) is 37.6 Å². The van der Waals surface area contributed by atoms with Crippen LogP contribution in [0, 0.1) is 13.8 Å². The Kier molecular flexibility index (Phi) is 4.15. The molecule has 5 nitrogen and oxygen atoms in total. The minimum absolute atomic E-state index is 0.00567. The zero-order chi connectivity index (χ0) is 14.9. The molecule has 2 rings (SSSR count). The lowest BCUT2D eigenvalue weighted by Crippen LogP contribution is -2.33. The van der Waals surface area contributed by atoms with Gasteiger partial charge in [-0.05, 0) is 31.4 Å². The number of nitrogens with zero attached hydrogens (tertiary/aromatic N) is 1. The van der Waals surface area contributed by atoms with Crippen molar-refractivity contribution in [3.8, 4) is 0 Å². The Morgan fingerprint density at radius 1 is 1.35 bits per heavy atom. The van der Waals surface area contributed by atoms with E-state index in [4.69, 9.17) is 5.14 Å². The second-order valence-corrected chi connectivity index (χ2v) is 7.28. The van der Waals surface area contributed by atoms with E-state index in [2.05, 4.69) is 12.1 Å². The summed E-state index contributed by atoms with van der Waals surface area (Å²) < 4.78 is 22.6. The van der Waals surface area contributed by atoms with Gasteiger partial charge in [-0.1, -0.05) is 23.8 Å². The number of benzene rings is 1. The summed E-state index contributed by atoms with van der Waals surface area (Å²) in [5.41, 5.74) is 3.58. The van der Waals surface area contributed by atoms with Gasteiger partial charge in [-0.15, -0.1) is 0 Å². The van der Waals surface area contributed by atoms with E-state index >= 15 is 0 Å². The number of likely N-dealkylation sites (tertiary alicyclic amines) is 1. The van der Waals surface area contributed by atoms with E-state index < -0.39 is 15.3 Å². The summed E-state index contributed by atoms with van der Waals surface area (Å²) in [7, 11) is -3.63. The largest absolute Gasteiger partial charge is 0.341 e. The standard InChI is InChI=1S/C14H20N2O3S/c1-10-3-4-12(11(2)7-10)5-6-16-9-13(8-14(16)17)20(15,18)19/h3-4,7,13H,5-6,8-9H2,1-2H3,(H2,15,18,19). The smallest absolute Gasteiger partial charge is 0.224 e. The van der Waals surface area contributed by atoms with Crippen LogP contribution in [0.3, 0.4) is 0 Å². The molecule has 0 spiro atoms. The topological polar surface area (TPSA) is 80.5 Å². The monoisotopic (exact) mass is 296 g/mol. The number of hydrogen-bond acceptors (Lipinski definition) is 3. The van der Waals surface area contributed by atoms with Crippen molar-refractivity contribution in [2.24, 2.45) is 5.14 Å². The molecule has 1 fully saturated rings. The molecule has 1 atom stereocenters. The summed E-state index contributed by atoms with van der Waals surface area (Å²) in [6, 6.07) is 6.21. The highest BCUT2D eigenvalue weighted by atomic mass is 32.2. The molecular weight excluding hydrogens is 276 g/mol. The fourth-order valence-electron chi connectivity index (χ4n) is 2.55. The van der Waals surface area contributed by atoms with Crippen molar-refractivity contribution >= 4 is 15.9 Å². The summed E-state index contributed by atoms with van der Waals surface area (Å²) in [4.78, 5) is 13.4. The molecule has 0 aliphatic carbocycles. The Bertz CT molecular complexity index is 625. The minimum Gasteiger partial charge on any atom is -0.341 e. The van der Waals surface area contributed by atoms with E-state index in [0.717, 1.165) is 6.42 Å². The number of carbonyl (C=O) groups is 1. The third-order valence-electron chi connectivity index (χ3n) is 3.79. The van der Waals surface area contributed by atoms with Gasteiger partial charge in [0, 0.05) is 19.5 Å². The average Bonchev–Trinajstić information content (AvgIpc) is 2.69. The van der Waals surface area contributed by atoms with Crippen molar-refractivity contribution in [2.75, 3.05) is 13.1 Å². The van der Waals surface area contributed by atoms with Gasteiger partial charge in [0.25, 0.3) is 0 Å². The molecule has 1 aromatic rings. The number of amides is 1. The first kappa shape index (κ1) is 15.0. The van der Waals surface area contributed by atoms with Gasteiger partial charge in [0.15, 0.2) is 0 Å². The van der Waals surface area contributed by atoms with Crippen molar-refractivity contribution < 1.29 is 13.2 Å². The number of primary sulfonamides is 1. The predicted molar refractivity (Wildman–Crippen MR) is 77.7 cm³/mol. The molecule has 1 heterocycles. The molecule has 1 saturated heterocycles. The fourth-order valence-corrected chi connectivity index (χ4v) is 3.32. The van der Waals surface area contributed by atoms with Crippen LogP contribution < -0.4 is 5.14 Å². The third-order valence-corrected chi connectivity index (χ3v) is 5.04. The lowest BCUT2D eigenvalue weighted by molar-refractivity contribution is -0.127. The van der Waals surface area contributed by atoms with Crippen LogP contribution in [-0.2, 0) is 21.2 Å². The van der Waals surface area contributed by atoms with E-state index in [1.54, 1.807) is 4.90 Å². The van der Waals surface area contributed by atoms with E-state index in [0.29, 0.717) is 6.54 Å². The van der Waals surface area contributed by atoms with Gasteiger partial charge in [-0.2, -0.15) is 0 Å². The number of rotatable bonds is 4. The number of sulfonamides is 1. The molecule has 1 unspecified atom stereocenters. The lowest BCUT2D eigenvalue weighted by Gasteiger charge is -2.17. The molecule has 1 aliphatic rings. The van der Waals surface area contributed by atoms with Gasteiger partial charge in [-0.3, -0.25) is 4.79 Å². The number of aryl methyl sites for hydroxylation is 2. The van der Waals surface area contributed by atoms with Crippen LogP contribution in [0.15, 0.2) is 18.2 Å². The third kappa shape index (κ3) is 3.37. The molecule has 1 amide bonds. The molecule has 0 bridgehead atoms. The summed E-state index contributed by atoms with van der Waals surface area (Å²) >= 11 is 0. The lowest BCUT2D eigenvalue weighted by atomic mass is 10.0. The first-order valence-electron chi connectivity index (χ1n) is 6.63. The van der Waals surface area contributed by atoms with Crippen LogP contribution in [0.25, 0.3) is 0 Å². The van der Waals surface area contributed by atoms with Gasteiger partial charge in [-0.25, -0.2) is 13.6 Å². The summed E-state index contributed by atoms with van der Waals surface area (Å²) in [5, 5.41) is 4.35. The summed E-state index contributed by atoms with van der Waals surface area (Å²) in [5.74, 6) is -0.131. The summed E-state index contributed by atoms with van der Waals surface area (Å²) in [6.45, 7) is 4.83. The van der Waals surface area contributed by atoms with Crippen LogP contribution in [0.1, 0.15) is 23.1 Å². The quantitative estimate of drug-likeness (QED) is 0.889. The van der Waals surface area contributed by atoms with Crippen molar-refractivity contribution in [1.82, 2.24) is 4.90 Å². The predicted octanol–water partition coefficient (Wildman–Crippen LogP) is 0.735. The fraction of sp³-hybridized carbons (Fsp3) is 0.500. The molecule has 1 aliphatic heterocycles. The van der Waals surface area contributed by atoms with Gasteiger partial charge in [0.1, 0.15) is 5.25 Å². The van der Waals surface area contributed by atoms with Crippen molar-refractivity contribution in [3.05, 3.63) is 34.9 Å². The average molecular weight is 296 g/mol. The van der Waals surface area contributed by atoms with Crippen LogP contribution in [0.4, 0.5) is 0 Å².